The van der Waals surface area contributed by atoms with E-state index < -0.39 is 0 Å². The number of carbonyl (C=O) groups excluding carboxylic acids is 1. The largest absolute Gasteiger partial charge is 0.436 e. The number of hydrogen-bond donors (Lipinski definition) is 0. The third-order valence-corrected chi connectivity index (χ3v) is 2.94. The second-order valence-electron chi connectivity index (χ2n) is 3.97. The number of piperazine rings is 1. The normalized spacial score (nSPS) is 17.8. The van der Waals surface area contributed by atoms with Crippen LogP contribution in [0.25, 0.3) is 0 Å². The molecule has 1 fully saturated rings. The molecule has 0 spiro atoms. The molecule has 0 unspecified atom stereocenters. The lowest BCUT2D eigenvalue weighted by atomic mass is 10.3. The second kappa shape index (κ2) is 4.65. The smallest absolute Gasteiger partial charge is 0.291 e. The molecular weight excluding hydrogens is 206 g/mol. The fourth-order valence-electron chi connectivity index (χ4n) is 1.88. The van der Waals surface area contributed by atoms with Crippen LogP contribution in [0.2, 0.25) is 0 Å². The van der Waals surface area contributed by atoms with Gasteiger partial charge in [-0.3, -0.25) is 4.79 Å². The Kier molecular flexibility index (Phi) is 3.24. The minimum absolute atomic E-state index is 0.0450. The van der Waals surface area contributed by atoms with Crippen molar-refractivity contribution in [2.24, 2.45) is 0 Å². The van der Waals surface area contributed by atoms with Crippen molar-refractivity contribution >= 4 is 5.91 Å². The Hall–Kier alpha value is -1.36. The molecule has 0 atom stereocenters. The lowest BCUT2D eigenvalue weighted by Gasteiger charge is -2.33. The second-order valence-corrected chi connectivity index (χ2v) is 3.97. The maximum absolute atomic E-state index is 12.0. The number of amides is 1. The fourth-order valence-corrected chi connectivity index (χ4v) is 1.88. The third-order valence-electron chi connectivity index (χ3n) is 2.94. The van der Waals surface area contributed by atoms with Gasteiger partial charge in [0.1, 0.15) is 0 Å². The van der Waals surface area contributed by atoms with E-state index in [0.717, 1.165) is 32.7 Å². The molecule has 0 aliphatic carbocycles. The van der Waals surface area contributed by atoms with Crippen LogP contribution in [0, 0.1) is 6.92 Å². The predicted octanol–water partition coefficient (Wildman–Crippen LogP) is 0.761. The van der Waals surface area contributed by atoms with E-state index in [1.165, 1.54) is 6.20 Å². The van der Waals surface area contributed by atoms with Gasteiger partial charge in [0.25, 0.3) is 5.91 Å². The van der Waals surface area contributed by atoms with Gasteiger partial charge in [0.15, 0.2) is 5.89 Å². The Labute approximate surface area is 95.0 Å². The first-order valence-corrected chi connectivity index (χ1v) is 5.64. The quantitative estimate of drug-likeness (QED) is 0.742. The topological polar surface area (TPSA) is 49.6 Å². The van der Waals surface area contributed by atoms with E-state index in [4.69, 9.17) is 4.42 Å². The van der Waals surface area contributed by atoms with Crippen LogP contribution in [0.15, 0.2) is 10.6 Å². The van der Waals surface area contributed by atoms with Crippen molar-refractivity contribution in [2.75, 3.05) is 32.7 Å². The van der Waals surface area contributed by atoms with E-state index >= 15 is 0 Å². The van der Waals surface area contributed by atoms with Crippen molar-refractivity contribution in [1.29, 1.82) is 0 Å². The van der Waals surface area contributed by atoms with Crippen LogP contribution in [0.3, 0.4) is 0 Å². The molecule has 0 aromatic carbocycles. The molecule has 0 radical (unpaired) electrons. The molecule has 0 bridgehead atoms. The van der Waals surface area contributed by atoms with Crippen molar-refractivity contribution in [3.05, 3.63) is 17.8 Å². The monoisotopic (exact) mass is 223 g/mol. The standard InChI is InChI=1S/C11H17N3O2/c1-3-13-4-6-14(7-5-13)11(15)10-8-12-9(2)16-10/h8H,3-7H2,1-2H3. The van der Waals surface area contributed by atoms with Crippen LogP contribution >= 0.6 is 0 Å². The van der Waals surface area contributed by atoms with Crippen molar-refractivity contribution in [2.45, 2.75) is 13.8 Å². The Morgan fingerprint density at radius 3 is 2.62 bits per heavy atom. The van der Waals surface area contributed by atoms with Gasteiger partial charge in [0.2, 0.25) is 5.76 Å². The molecule has 0 saturated carbocycles. The first-order chi connectivity index (χ1) is 7.70. The maximum Gasteiger partial charge on any atom is 0.291 e. The molecule has 5 nitrogen and oxygen atoms in total. The lowest BCUT2D eigenvalue weighted by molar-refractivity contribution is 0.0611. The predicted molar refractivity (Wildman–Crippen MR) is 59.3 cm³/mol. The summed E-state index contributed by atoms with van der Waals surface area (Å²) >= 11 is 0. The Balaban J connectivity index is 1.96. The summed E-state index contributed by atoms with van der Waals surface area (Å²) in [7, 11) is 0. The molecule has 1 aromatic heterocycles. The van der Waals surface area contributed by atoms with Gasteiger partial charge in [-0.05, 0) is 6.54 Å². The number of carbonyl (C=O) groups is 1. The van der Waals surface area contributed by atoms with Crippen molar-refractivity contribution in [3.8, 4) is 0 Å². The molecule has 0 N–H and O–H groups in total. The summed E-state index contributed by atoms with van der Waals surface area (Å²) in [6.07, 6.45) is 1.50. The van der Waals surface area contributed by atoms with Crippen LogP contribution in [0.5, 0.6) is 0 Å². The Morgan fingerprint density at radius 2 is 2.12 bits per heavy atom. The van der Waals surface area contributed by atoms with Crippen LogP contribution < -0.4 is 0 Å². The van der Waals surface area contributed by atoms with Gasteiger partial charge < -0.3 is 14.2 Å². The number of aromatic nitrogens is 1. The highest BCUT2D eigenvalue weighted by molar-refractivity contribution is 5.91. The summed E-state index contributed by atoms with van der Waals surface area (Å²) in [6.45, 7) is 8.34. The molecule has 2 heterocycles. The fraction of sp³-hybridized carbons (Fsp3) is 0.636. The van der Waals surface area contributed by atoms with Gasteiger partial charge in [0, 0.05) is 33.1 Å². The van der Waals surface area contributed by atoms with Gasteiger partial charge in [-0.15, -0.1) is 0 Å². The molecule has 1 aliphatic heterocycles. The van der Waals surface area contributed by atoms with Gasteiger partial charge in [-0.1, -0.05) is 6.92 Å². The van der Waals surface area contributed by atoms with Crippen molar-refractivity contribution < 1.29 is 9.21 Å². The van der Waals surface area contributed by atoms with E-state index in [-0.39, 0.29) is 5.91 Å². The first-order valence-electron chi connectivity index (χ1n) is 5.64. The molecule has 88 valence electrons. The van der Waals surface area contributed by atoms with E-state index in [9.17, 15) is 4.79 Å². The summed E-state index contributed by atoms with van der Waals surface area (Å²) in [4.78, 5) is 20.1. The van der Waals surface area contributed by atoms with Gasteiger partial charge in [-0.2, -0.15) is 0 Å². The lowest BCUT2D eigenvalue weighted by Crippen LogP contribution is -2.48. The summed E-state index contributed by atoms with van der Waals surface area (Å²) in [5.74, 6) is 0.842. The van der Waals surface area contributed by atoms with Gasteiger partial charge in [-0.25, -0.2) is 4.98 Å². The van der Waals surface area contributed by atoms with Crippen LogP contribution in [-0.4, -0.2) is 53.4 Å². The van der Waals surface area contributed by atoms with E-state index in [1.807, 2.05) is 4.90 Å². The zero-order valence-electron chi connectivity index (χ0n) is 9.77. The summed E-state index contributed by atoms with van der Waals surface area (Å²) in [5.41, 5.74) is 0. The molecule has 1 aromatic rings. The zero-order valence-corrected chi connectivity index (χ0v) is 9.77. The minimum Gasteiger partial charge on any atom is -0.436 e. The summed E-state index contributed by atoms with van der Waals surface area (Å²) in [5, 5.41) is 0. The molecular formula is C11H17N3O2. The molecule has 1 saturated heterocycles. The average Bonchev–Trinajstić information content (AvgIpc) is 2.75. The number of likely N-dealkylation sites (N-methyl/N-ethyl adjacent to an activating group) is 1. The molecule has 16 heavy (non-hydrogen) atoms. The van der Waals surface area contributed by atoms with Crippen molar-refractivity contribution in [3.63, 3.8) is 0 Å². The number of nitrogens with zero attached hydrogens (tertiary/aromatic N) is 3. The highest BCUT2D eigenvalue weighted by Gasteiger charge is 2.23. The Bertz CT molecular complexity index is 367. The molecule has 1 amide bonds. The van der Waals surface area contributed by atoms with E-state index in [2.05, 4.69) is 16.8 Å². The average molecular weight is 223 g/mol. The molecule has 2 rings (SSSR count). The first kappa shape index (κ1) is 11.1. The van der Waals surface area contributed by atoms with E-state index in [0.29, 0.717) is 11.7 Å². The SMILES string of the molecule is CCN1CCN(C(=O)c2cnc(C)o2)CC1. The Morgan fingerprint density at radius 1 is 1.44 bits per heavy atom. The number of oxazole rings is 1. The minimum atomic E-state index is -0.0450. The summed E-state index contributed by atoms with van der Waals surface area (Å²) in [6, 6.07) is 0. The maximum atomic E-state index is 12.0. The third kappa shape index (κ3) is 2.24. The highest BCUT2D eigenvalue weighted by atomic mass is 16.4. The zero-order chi connectivity index (χ0) is 11.5. The van der Waals surface area contributed by atoms with Gasteiger partial charge >= 0.3 is 0 Å². The highest BCUT2D eigenvalue weighted by Crippen LogP contribution is 2.09. The van der Waals surface area contributed by atoms with Crippen molar-refractivity contribution in [1.82, 2.24) is 14.8 Å². The number of rotatable bonds is 2. The molecule has 1 aliphatic rings. The van der Waals surface area contributed by atoms with Crippen LogP contribution in [0.1, 0.15) is 23.4 Å². The van der Waals surface area contributed by atoms with Crippen LogP contribution in [0.4, 0.5) is 0 Å². The number of aryl methyl sites for hydroxylation is 1. The van der Waals surface area contributed by atoms with Crippen LogP contribution in [-0.2, 0) is 0 Å². The van der Waals surface area contributed by atoms with Gasteiger partial charge in [0.05, 0.1) is 6.20 Å². The molecule has 5 heteroatoms. The van der Waals surface area contributed by atoms with E-state index in [1.54, 1.807) is 6.92 Å². The number of hydrogen-bond acceptors (Lipinski definition) is 4. The summed E-state index contributed by atoms with van der Waals surface area (Å²) < 4.78 is 5.24.